The van der Waals surface area contributed by atoms with E-state index in [1.54, 1.807) is 47.4 Å². The van der Waals surface area contributed by atoms with Crippen molar-refractivity contribution < 1.29 is 14.4 Å². The molecule has 2 rings (SSSR count). The van der Waals surface area contributed by atoms with Crippen molar-refractivity contribution in [3.63, 3.8) is 0 Å². The van der Waals surface area contributed by atoms with Crippen LogP contribution in [0.4, 0.5) is 5.69 Å². The van der Waals surface area contributed by atoms with Gasteiger partial charge in [-0.05, 0) is 32.0 Å². The van der Waals surface area contributed by atoms with E-state index >= 15 is 0 Å². The third-order valence-corrected chi connectivity index (χ3v) is 4.19. The molecule has 0 aliphatic rings. The summed E-state index contributed by atoms with van der Waals surface area (Å²) >= 11 is 6.12. The Bertz CT molecular complexity index is 844. The summed E-state index contributed by atoms with van der Waals surface area (Å²) in [5, 5.41) is 2.64. The van der Waals surface area contributed by atoms with Crippen LogP contribution in [0.1, 0.15) is 29.8 Å². The monoisotopic (exact) mass is 467 g/mol. The third-order valence-electron chi connectivity index (χ3n) is 3.95. The number of nitrogens with zero attached hydrogens (tertiary/aromatic N) is 1. The van der Waals surface area contributed by atoms with Crippen LogP contribution in [-0.4, -0.2) is 36.7 Å². The van der Waals surface area contributed by atoms with Crippen LogP contribution in [-0.2, 0) is 9.59 Å². The predicted molar refractivity (Wildman–Crippen MR) is 116 cm³/mol. The number of hydrogen-bond donors (Lipinski definition) is 2. The van der Waals surface area contributed by atoms with Crippen molar-refractivity contribution in [3.8, 4) is 0 Å². The first-order valence-corrected chi connectivity index (χ1v) is 8.90. The van der Waals surface area contributed by atoms with Crippen LogP contribution in [0.15, 0.2) is 48.5 Å². The number of rotatable bonds is 7. The van der Waals surface area contributed by atoms with E-state index in [0.717, 1.165) is 0 Å². The Morgan fingerprint density at radius 3 is 2.29 bits per heavy atom. The number of anilines is 1. The third kappa shape index (κ3) is 6.15. The van der Waals surface area contributed by atoms with Crippen LogP contribution in [0.3, 0.4) is 0 Å². The predicted octanol–water partition coefficient (Wildman–Crippen LogP) is 2.97. The fourth-order valence-electron chi connectivity index (χ4n) is 2.63. The minimum atomic E-state index is -0.555. The average Bonchev–Trinajstić information content (AvgIpc) is 2.66. The highest BCUT2D eigenvalue weighted by Crippen LogP contribution is 2.28. The number of nitrogens with two attached hydrogens (primary N) is 1. The second-order valence-electron chi connectivity index (χ2n) is 6.25. The summed E-state index contributed by atoms with van der Waals surface area (Å²) in [4.78, 5) is 38.3. The van der Waals surface area contributed by atoms with Gasteiger partial charge in [-0.2, -0.15) is 0 Å². The molecule has 28 heavy (non-hydrogen) atoms. The van der Waals surface area contributed by atoms with Gasteiger partial charge in [-0.25, -0.2) is 0 Å². The summed E-state index contributed by atoms with van der Waals surface area (Å²) in [7, 11) is 0. The number of nitrogens with one attached hydrogen (secondary N) is 1. The molecule has 0 heterocycles. The van der Waals surface area contributed by atoms with Gasteiger partial charge < -0.3 is 10.6 Å². The number of ketones is 1. The largest absolute Gasteiger partial charge is 0.359 e. The molecule has 0 aliphatic heterocycles. The topological polar surface area (TPSA) is 92.5 Å². The van der Waals surface area contributed by atoms with Gasteiger partial charge in [0.2, 0.25) is 11.8 Å². The maximum Gasteiger partial charge on any atom is 0.246 e. The molecule has 8 heteroatoms. The fourth-order valence-corrected chi connectivity index (χ4v) is 2.80. The van der Waals surface area contributed by atoms with Gasteiger partial charge in [0.05, 0.1) is 13.1 Å². The van der Waals surface area contributed by atoms with Crippen LogP contribution in [0.2, 0.25) is 5.02 Å². The van der Waals surface area contributed by atoms with Crippen LogP contribution in [0.5, 0.6) is 0 Å². The number of carbonyl (C=O) groups excluding carboxylic acids is 3. The highest BCUT2D eigenvalue weighted by Gasteiger charge is 2.22. The van der Waals surface area contributed by atoms with Crippen LogP contribution < -0.4 is 16.0 Å². The number of hydrogen-bond acceptors (Lipinski definition) is 5. The molecule has 0 aliphatic carbocycles. The van der Waals surface area contributed by atoms with Crippen molar-refractivity contribution in [2.24, 2.45) is 5.73 Å². The number of amides is 2. The standard InChI is InChI=1S/C20H22ClN3O3.BrH/c1-13(2)24(12-19(26)23-18(25)11-22)17-9-8-15(21)10-16(17)20(27)14-6-4-3-5-7-14;/h3-10,13H,11-12,22H2,1-2H3,(H,23,25,26);1H. The zero-order chi connectivity index (χ0) is 20.0. The molecule has 6 nitrogen and oxygen atoms in total. The second kappa shape index (κ2) is 10.9. The number of halogens is 2. The maximum absolute atomic E-state index is 13.0. The lowest BCUT2D eigenvalue weighted by atomic mass is 10.0. The van der Waals surface area contributed by atoms with E-state index in [1.807, 2.05) is 19.9 Å². The lowest BCUT2D eigenvalue weighted by Gasteiger charge is -2.30. The van der Waals surface area contributed by atoms with E-state index < -0.39 is 11.8 Å². The maximum atomic E-state index is 13.0. The molecule has 0 aromatic heterocycles. The van der Waals surface area contributed by atoms with Crippen LogP contribution >= 0.6 is 28.6 Å². The summed E-state index contributed by atoms with van der Waals surface area (Å²) in [6.45, 7) is 3.42. The lowest BCUT2D eigenvalue weighted by Crippen LogP contribution is -2.45. The lowest BCUT2D eigenvalue weighted by molar-refractivity contribution is -0.128. The van der Waals surface area contributed by atoms with Gasteiger partial charge in [0.15, 0.2) is 5.78 Å². The molecule has 2 amide bonds. The Balaban J connectivity index is 0.00000392. The van der Waals surface area contributed by atoms with Crippen molar-refractivity contribution in [1.29, 1.82) is 0 Å². The molecule has 2 aromatic carbocycles. The first kappa shape index (κ1) is 23.8. The Labute approximate surface area is 179 Å². The highest BCUT2D eigenvalue weighted by molar-refractivity contribution is 8.93. The Hall–Kier alpha value is -2.22. The quantitative estimate of drug-likeness (QED) is 0.610. The summed E-state index contributed by atoms with van der Waals surface area (Å²) in [6, 6.07) is 13.7. The van der Waals surface area contributed by atoms with Crippen molar-refractivity contribution in [3.05, 3.63) is 64.7 Å². The van der Waals surface area contributed by atoms with Gasteiger partial charge >= 0.3 is 0 Å². The van der Waals surface area contributed by atoms with Gasteiger partial charge in [-0.1, -0.05) is 41.9 Å². The molecule has 2 aromatic rings. The molecule has 0 fully saturated rings. The van der Waals surface area contributed by atoms with Gasteiger partial charge in [0.25, 0.3) is 0 Å². The Morgan fingerprint density at radius 2 is 1.71 bits per heavy atom. The average molecular weight is 469 g/mol. The van der Waals surface area contributed by atoms with Crippen molar-refractivity contribution in [1.82, 2.24) is 5.32 Å². The van der Waals surface area contributed by atoms with E-state index in [9.17, 15) is 14.4 Å². The molecular weight excluding hydrogens is 446 g/mol. The molecule has 150 valence electrons. The van der Waals surface area contributed by atoms with Gasteiger partial charge in [0.1, 0.15) is 0 Å². The molecule has 0 bridgehead atoms. The van der Waals surface area contributed by atoms with E-state index in [-0.39, 0.29) is 41.9 Å². The summed E-state index contributed by atoms with van der Waals surface area (Å²) in [5.41, 5.74) is 6.71. The van der Waals surface area contributed by atoms with Crippen LogP contribution in [0, 0.1) is 0 Å². The minimum Gasteiger partial charge on any atom is -0.359 e. The number of carbonyl (C=O) groups is 3. The Morgan fingerprint density at radius 1 is 1.07 bits per heavy atom. The molecule has 0 radical (unpaired) electrons. The second-order valence-corrected chi connectivity index (χ2v) is 6.69. The summed E-state index contributed by atoms with van der Waals surface area (Å²) in [6.07, 6.45) is 0. The van der Waals surface area contributed by atoms with E-state index in [2.05, 4.69) is 5.32 Å². The smallest absolute Gasteiger partial charge is 0.246 e. The molecule has 0 saturated carbocycles. The Kier molecular flexibility index (Phi) is 9.31. The first-order chi connectivity index (χ1) is 12.8. The van der Waals surface area contributed by atoms with Gasteiger partial charge in [0, 0.05) is 27.9 Å². The molecule has 3 N–H and O–H groups in total. The highest BCUT2D eigenvalue weighted by atomic mass is 79.9. The normalized spacial score (nSPS) is 10.2. The van der Waals surface area contributed by atoms with Gasteiger partial charge in [-0.15, -0.1) is 17.0 Å². The van der Waals surface area contributed by atoms with E-state index in [4.69, 9.17) is 17.3 Å². The van der Waals surface area contributed by atoms with Crippen LogP contribution in [0.25, 0.3) is 0 Å². The zero-order valence-corrected chi connectivity index (χ0v) is 18.1. The van der Waals surface area contributed by atoms with E-state index in [1.165, 1.54) is 0 Å². The molecule has 0 spiro atoms. The first-order valence-electron chi connectivity index (χ1n) is 8.52. The van der Waals surface area contributed by atoms with Crippen molar-refractivity contribution in [2.45, 2.75) is 19.9 Å². The SMILES string of the molecule is Br.CC(C)N(CC(=O)NC(=O)CN)c1ccc(Cl)cc1C(=O)c1ccccc1. The van der Waals surface area contributed by atoms with Crippen molar-refractivity contribution >= 4 is 51.9 Å². The van der Waals surface area contributed by atoms with Crippen molar-refractivity contribution in [2.75, 3.05) is 18.0 Å². The molecule has 0 unspecified atom stereocenters. The number of imide groups is 1. The fraction of sp³-hybridized carbons (Fsp3) is 0.250. The summed E-state index contributed by atoms with van der Waals surface area (Å²) in [5.74, 6) is -1.25. The number of benzene rings is 2. The molecule has 0 saturated heterocycles. The van der Waals surface area contributed by atoms with E-state index in [0.29, 0.717) is 21.8 Å². The van der Waals surface area contributed by atoms with Gasteiger partial charge in [-0.3, -0.25) is 19.7 Å². The zero-order valence-electron chi connectivity index (χ0n) is 15.6. The minimum absolute atomic E-state index is 0. The summed E-state index contributed by atoms with van der Waals surface area (Å²) < 4.78 is 0. The molecular formula is C20H23BrClN3O3. The molecule has 0 atom stereocenters.